The van der Waals surface area contributed by atoms with E-state index in [4.69, 9.17) is 0 Å². The summed E-state index contributed by atoms with van der Waals surface area (Å²) in [5.74, 6) is 1.83. The van der Waals surface area contributed by atoms with Crippen LogP contribution in [0.3, 0.4) is 0 Å². The van der Waals surface area contributed by atoms with E-state index in [-0.39, 0.29) is 0 Å². The van der Waals surface area contributed by atoms with Crippen molar-refractivity contribution in [2.45, 2.75) is 40.3 Å². The molecule has 2 heterocycles. The monoisotopic (exact) mass is 359 g/mol. The molecule has 0 spiro atoms. The number of guanidine groups is 1. The Morgan fingerprint density at radius 1 is 1.04 bits per heavy atom. The van der Waals surface area contributed by atoms with E-state index in [9.17, 15) is 0 Å². The fourth-order valence-corrected chi connectivity index (χ4v) is 3.44. The molecule has 0 bridgehead atoms. The number of nitrogens with zero attached hydrogens (tertiary/aromatic N) is 3. The van der Waals surface area contributed by atoms with Gasteiger partial charge in [-0.05, 0) is 44.0 Å². The first-order valence-corrected chi connectivity index (χ1v) is 9.73. The van der Waals surface area contributed by atoms with Crippen molar-refractivity contribution in [1.82, 2.24) is 15.6 Å². The Kier molecular flexibility index (Phi) is 7.73. The summed E-state index contributed by atoms with van der Waals surface area (Å²) in [6.07, 6.45) is 3.02. The van der Waals surface area contributed by atoms with Crippen LogP contribution in [-0.2, 0) is 19.5 Å². The molecule has 0 saturated heterocycles. The molecule has 0 aliphatic rings. The highest BCUT2D eigenvalue weighted by atomic mass is 32.1. The van der Waals surface area contributed by atoms with Crippen LogP contribution in [0.4, 0.5) is 5.82 Å². The Labute approximate surface area is 155 Å². The minimum atomic E-state index is 0.704. The molecule has 0 aliphatic heterocycles. The van der Waals surface area contributed by atoms with Gasteiger partial charge in [-0.2, -0.15) is 0 Å². The van der Waals surface area contributed by atoms with Gasteiger partial charge >= 0.3 is 0 Å². The minimum absolute atomic E-state index is 0.704. The van der Waals surface area contributed by atoms with E-state index in [1.54, 1.807) is 7.05 Å². The van der Waals surface area contributed by atoms with E-state index in [0.717, 1.165) is 43.4 Å². The first kappa shape index (κ1) is 19.2. The van der Waals surface area contributed by atoms with Gasteiger partial charge in [0.05, 0.1) is 6.54 Å². The molecule has 2 aromatic heterocycles. The van der Waals surface area contributed by atoms with Crippen LogP contribution >= 0.6 is 11.3 Å². The van der Waals surface area contributed by atoms with Crippen LogP contribution in [0, 0.1) is 0 Å². The second-order valence-electron chi connectivity index (χ2n) is 5.70. The molecule has 2 aromatic rings. The molecule has 0 radical (unpaired) electrons. The van der Waals surface area contributed by atoms with E-state index in [1.165, 1.54) is 9.75 Å². The summed E-state index contributed by atoms with van der Waals surface area (Å²) in [5.41, 5.74) is 1.14. The van der Waals surface area contributed by atoms with Gasteiger partial charge in [0.2, 0.25) is 0 Å². The third kappa shape index (κ3) is 5.74. The normalized spacial score (nSPS) is 11.4. The van der Waals surface area contributed by atoms with E-state index >= 15 is 0 Å². The highest BCUT2D eigenvalue weighted by Crippen LogP contribution is 2.16. The molecule has 0 saturated carbocycles. The van der Waals surface area contributed by atoms with Gasteiger partial charge in [-0.15, -0.1) is 11.3 Å². The third-order valence-electron chi connectivity index (χ3n) is 4.08. The van der Waals surface area contributed by atoms with Crippen molar-refractivity contribution in [1.29, 1.82) is 0 Å². The summed E-state index contributed by atoms with van der Waals surface area (Å²) < 4.78 is 0. The molecular weight excluding hydrogens is 330 g/mol. The number of rotatable bonds is 8. The van der Waals surface area contributed by atoms with Crippen LogP contribution in [0.2, 0.25) is 0 Å². The van der Waals surface area contributed by atoms with Crippen molar-refractivity contribution >= 4 is 23.1 Å². The topological polar surface area (TPSA) is 52.6 Å². The molecule has 2 rings (SSSR count). The van der Waals surface area contributed by atoms with E-state index in [2.05, 4.69) is 70.5 Å². The minimum Gasteiger partial charge on any atom is -0.357 e. The molecule has 136 valence electrons. The zero-order valence-electron chi connectivity index (χ0n) is 15.7. The van der Waals surface area contributed by atoms with E-state index in [1.807, 2.05) is 17.5 Å². The van der Waals surface area contributed by atoms with Crippen molar-refractivity contribution in [3.63, 3.8) is 0 Å². The van der Waals surface area contributed by atoms with Crippen LogP contribution in [-0.4, -0.2) is 31.1 Å². The van der Waals surface area contributed by atoms with Gasteiger partial charge in [0, 0.05) is 42.6 Å². The molecule has 25 heavy (non-hydrogen) atoms. The fourth-order valence-electron chi connectivity index (χ4n) is 2.54. The predicted octanol–water partition coefficient (Wildman–Crippen LogP) is 3.42. The van der Waals surface area contributed by atoms with Gasteiger partial charge in [0.1, 0.15) is 5.82 Å². The van der Waals surface area contributed by atoms with Gasteiger partial charge < -0.3 is 15.5 Å². The van der Waals surface area contributed by atoms with E-state index in [0.29, 0.717) is 6.54 Å². The zero-order valence-corrected chi connectivity index (χ0v) is 16.5. The van der Waals surface area contributed by atoms with Crippen LogP contribution in [0.1, 0.15) is 36.1 Å². The molecule has 0 fully saturated rings. The lowest BCUT2D eigenvalue weighted by Gasteiger charge is -2.19. The second-order valence-corrected chi connectivity index (χ2v) is 6.95. The Balaban J connectivity index is 1.83. The Morgan fingerprint density at radius 3 is 2.32 bits per heavy atom. The lowest BCUT2D eigenvalue weighted by Crippen LogP contribution is -2.36. The Morgan fingerprint density at radius 2 is 1.76 bits per heavy atom. The lowest BCUT2D eigenvalue weighted by atomic mass is 10.2. The van der Waals surface area contributed by atoms with Crippen molar-refractivity contribution < 1.29 is 0 Å². The third-order valence-corrected chi connectivity index (χ3v) is 5.31. The van der Waals surface area contributed by atoms with E-state index < -0.39 is 0 Å². The molecule has 0 unspecified atom stereocenters. The molecular formula is C19H29N5S. The maximum Gasteiger partial charge on any atom is 0.191 e. The molecule has 5 nitrogen and oxygen atoms in total. The predicted molar refractivity (Wildman–Crippen MR) is 109 cm³/mol. The summed E-state index contributed by atoms with van der Waals surface area (Å²) in [4.78, 5) is 13.8. The molecule has 0 aromatic carbocycles. The quantitative estimate of drug-likeness (QED) is 0.560. The molecule has 0 amide bonds. The first-order chi connectivity index (χ1) is 12.2. The van der Waals surface area contributed by atoms with Crippen molar-refractivity contribution in [3.8, 4) is 0 Å². The highest BCUT2D eigenvalue weighted by Gasteiger charge is 2.04. The van der Waals surface area contributed by atoms with Crippen molar-refractivity contribution in [3.05, 3.63) is 45.8 Å². The smallest absolute Gasteiger partial charge is 0.191 e. The average molecular weight is 360 g/mol. The highest BCUT2D eigenvalue weighted by molar-refractivity contribution is 7.11. The molecule has 0 atom stereocenters. The largest absolute Gasteiger partial charge is 0.357 e. The van der Waals surface area contributed by atoms with Crippen LogP contribution in [0.25, 0.3) is 0 Å². The zero-order chi connectivity index (χ0) is 18.1. The second kappa shape index (κ2) is 10.0. The Hall–Kier alpha value is -2.08. The summed E-state index contributed by atoms with van der Waals surface area (Å²) in [6.45, 7) is 9.92. The number of thiophene rings is 1. The average Bonchev–Trinajstić information content (AvgIpc) is 3.12. The number of pyridine rings is 1. The number of aromatic nitrogens is 1. The number of hydrogen-bond donors (Lipinski definition) is 2. The standard InChI is InChI=1S/C19H29N5S/c1-5-16-9-10-17(25-16)14-23-19(20-4)22-13-15-8-11-18(21-12-15)24(6-2)7-3/h8-12H,5-7,13-14H2,1-4H3,(H2,20,22,23). The van der Waals surface area contributed by atoms with Crippen LogP contribution < -0.4 is 15.5 Å². The van der Waals surface area contributed by atoms with Crippen LogP contribution in [0.5, 0.6) is 0 Å². The molecule has 0 aliphatic carbocycles. The maximum atomic E-state index is 4.56. The first-order valence-electron chi connectivity index (χ1n) is 8.92. The summed E-state index contributed by atoms with van der Waals surface area (Å²) >= 11 is 1.85. The molecule has 2 N–H and O–H groups in total. The van der Waals surface area contributed by atoms with Gasteiger partial charge in [-0.3, -0.25) is 4.99 Å². The number of anilines is 1. The number of aryl methyl sites for hydroxylation is 1. The Bertz CT molecular complexity index is 659. The number of aliphatic imine (C=N–C) groups is 1. The summed E-state index contributed by atoms with van der Waals surface area (Å²) in [6, 6.07) is 8.58. The van der Waals surface area contributed by atoms with Crippen LogP contribution in [0.15, 0.2) is 35.5 Å². The maximum absolute atomic E-state index is 4.56. The SMILES string of the molecule is CCc1ccc(CNC(=NC)NCc2ccc(N(CC)CC)nc2)s1. The van der Waals surface area contributed by atoms with Gasteiger partial charge in [-0.1, -0.05) is 13.0 Å². The summed E-state index contributed by atoms with van der Waals surface area (Å²) in [7, 11) is 1.79. The number of nitrogens with one attached hydrogen (secondary N) is 2. The van der Waals surface area contributed by atoms with Gasteiger partial charge in [-0.25, -0.2) is 4.98 Å². The van der Waals surface area contributed by atoms with Gasteiger partial charge in [0.15, 0.2) is 5.96 Å². The summed E-state index contributed by atoms with van der Waals surface area (Å²) in [5, 5.41) is 6.71. The van der Waals surface area contributed by atoms with Gasteiger partial charge in [0.25, 0.3) is 0 Å². The molecule has 6 heteroatoms. The lowest BCUT2D eigenvalue weighted by molar-refractivity contribution is 0.808. The van der Waals surface area contributed by atoms with Crippen molar-refractivity contribution in [2.75, 3.05) is 25.0 Å². The fraction of sp³-hybridized carbons (Fsp3) is 0.474. The van der Waals surface area contributed by atoms with Crippen molar-refractivity contribution in [2.24, 2.45) is 4.99 Å². The number of hydrogen-bond acceptors (Lipinski definition) is 4.